The number of hydrogen-bond donors (Lipinski definition) is 0. The molecule has 2 heterocycles. The van der Waals surface area contributed by atoms with Gasteiger partial charge in [-0.2, -0.15) is 19.5 Å². The van der Waals surface area contributed by atoms with Crippen LogP contribution in [0, 0.1) is 0 Å². The fraction of sp³-hybridized carbons (Fsp3) is 0.167. The Morgan fingerprint density at radius 2 is 2.06 bits per heavy atom. The predicted molar refractivity (Wildman–Crippen MR) is 70.6 cm³/mol. The third-order valence-electron chi connectivity index (χ3n) is 2.54. The first kappa shape index (κ1) is 11.0. The Hall–Kier alpha value is -2.08. The van der Waals surface area contributed by atoms with Crippen LogP contribution in [0.1, 0.15) is 13.3 Å². The first-order valence-corrected chi connectivity index (χ1v) is 6.27. The van der Waals surface area contributed by atoms with Crippen molar-refractivity contribution >= 4 is 28.3 Å². The van der Waals surface area contributed by atoms with E-state index in [2.05, 4.69) is 14.5 Å². The molecule has 0 aliphatic carbocycles. The average molecular weight is 258 g/mol. The molecule has 0 N–H and O–H groups in total. The van der Waals surface area contributed by atoms with Gasteiger partial charge in [0.2, 0.25) is 5.13 Å². The van der Waals surface area contributed by atoms with E-state index in [1.54, 1.807) is 0 Å². The van der Waals surface area contributed by atoms with Crippen LogP contribution in [0.25, 0.3) is 11.4 Å². The molecular formula is C12H10N4OS. The number of aromatic nitrogens is 2. The predicted octanol–water partition coefficient (Wildman–Crippen LogP) is 2.32. The summed E-state index contributed by atoms with van der Waals surface area (Å²) in [7, 11) is 0. The van der Waals surface area contributed by atoms with Crippen molar-refractivity contribution in [2.75, 3.05) is 5.01 Å². The van der Waals surface area contributed by atoms with Crippen molar-refractivity contribution < 1.29 is 4.79 Å². The zero-order valence-corrected chi connectivity index (χ0v) is 10.5. The third-order valence-corrected chi connectivity index (χ3v) is 3.23. The SMILES string of the molecule is CC1=NN(c2nc(-c3ccccc3)ns2)C(=O)C1. The fourth-order valence-corrected chi connectivity index (χ4v) is 2.37. The summed E-state index contributed by atoms with van der Waals surface area (Å²) in [5, 5.41) is 6.01. The zero-order chi connectivity index (χ0) is 12.5. The van der Waals surface area contributed by atoms with E-state index in [-0.39, 0.29) is 5.91 Å². The molecule has 0 unspecified atom stereocenters. The second kappa shape index (κ2) is 4.30. The molecular weight excluding hydrogens is 248 g/mol. The van der Waals surface area contributed by atoms with Crippen molar-refractivity contribution in [1.82, 2.24) is 9.36 Å². The molecule has 1 aromatic heterocycles. The number of hydrogen-bond acceptors (Lipinski definition) is 5. The lowest BCUT2D eigenvalue weighted by molar-refractivity contribution is -0.116. The van der Waals surface area contributed by atoms with Crippen LogP contribution in [-0.4, -0.2) is 21.0 Å². The number of rotatable bonds is 2. The second-order valence-corrected chi connectivity index (χ2v) is 4.71. The minimum atomic E-state index is -0.0525. The maximum atomic E-state index is 11.7. The third kappa shape index (κ3) is 1.91. The van der Waals surface area contributed by atoms with E-state index in [0.29, 0.717) is 17.4 Å². The van der Waals surface area contributed by atoms with E-state index in [9.17, 15) is 4.79 Å². The van der Waals surface area contributed by atoms with E-state index in [1.165, 1.54) is 16.5 Å². The Morgan fingerprint density at radius 1 is 1.28 bits per heavy atom. The summed E-state index contributed by atoms with van der Waals surface area (Å²) in [6, 6.07) is 9.67. The molecule has 18 heavy (non-hydrogen) atoms. The molecule has 1 aliphatic rings. The molecule has 0 bridgehead atoms. The van der Waals surface area contributed by atoms with Crippen molar-refractivity contribution in [3.63, 3.8) is 0 Å². The van der Waals surface area contributed by atoms with Gasteiger partial charge in [0, 0.05) is 22.8 Å². The van der Waals surface area contributed by atoms with E-state index in [0.717, 1.165) is 11.3 Å². The molecule has 1 aliphatic heterocycles. The maximum absolute atomic E-state index is 11.7. The molecule has 0 radical (unpaired) electrons. The number of amides is 1. The molecule has 6 heteroatoms. The highest BCUT2D eigenvalue weighted by Gasteiger charge is 2.25. The highest BCUT2D eigenvalue weighted by atomic mass is 32.1. The molecule has 1 amide bonds. The lowest BCUT2D eigenvalue weighted by atomic mass is 10.2. The molecule has 0 atom stereocenters. The quantitative estimate of drug-likeness (QED) is 0.830. The molecule has 0 spiro atoms. The molecule has 2 aromatic rings. The average Bonchev–Trinajstić information content (AvgIpc) is 2.97. The van der Waals surface area contributed by atoms with Crippen LogP contribution in [0.5, 0.6) is 0 Å². The lowest BCUT2D eigenvalue weighted by Gasteiger charge is -2.04. The van der Waals surface area contributed by atoms with Gasteiger partial charge >= 0.3 is 0 Å². The second-order valence-electron chi connectivity index (χ2n) is 3.98. The maximum Gasteiger partial charge on any atom is 0.255 e. The standard InChI is InChI=1S/C12H10N4OS/c1-8-7-10(17)16(14-8)12-13-11(15-18-12)9-5-3-2-4-6-9/h2-6H,7H2,1H3. The highest BCUT2D eigenvalue weighted by molar-refractivity contribution is 7.10. The lowest BCUT2D eigenvalue weighted by Crippen LogP contribution is -2.19. The minimum absolute atomic E-state index is 0.0525. The molecule has 1 aromatic carbocycles. The Morgan fingerprint density at radius 3 is 2.72 bits per heavy atom. The topological polar surface area (TPSA) is 58.5 Å². The summed E-state index contributed by atoms with van der Waals surface area (Å²) in [6.45, 7) is 1.83. The van der Waals surface area contributed by atoms with Crippen molar-refractivity contribution in [3.8, 4) is 11.4 Å². The molecule has 0 saturated carbocycles. The number of benzene rings is 1. The van der Waals surface area contributed by atoms with Crippen LogP contribution in [-0.2, 0) is 4.79 Å². The fourth-order valence-electron chi connectivity index (χ4n) is 1.71. The number of carbonyl (C=O) groups excluding carboxylic acids is 1. The highest BCUT2D eigenvalue weighted by Crippen LogP contribution is 2.26. The summed E-state index contributed by atoms with van der Waals surface area (Å²) < 4.78 is 4.26. The summed E-state index contributed by atoms with van der Waals surface area (Å²) in [4.78, 5) is 16.0. The van der Waals surface area contributed by atoms with Crippen molar-refractivity contribution in [2.24, 2.45) is 5.10 Å². The van der Waals surface area contributed by atoms with Gasteiger partial charge in [0.05, 0.1) is 6.42 Å². The van der Waals surface area contributed by atoms with Gasteiger partial charge in [-0.3, -0.25) is 4.79 Å². The van der Waals surface area contributed by atoms with E-state index in [4.69, 9.17) is 0 Å². The van der Waals surface area contributed by atoms with Gasteiger partial charge in [-0.05, 0) is 6.92 Å². The summed E-state index contributed by atoms with van der Waals surface area (Å²) in [6.07, 6.45) is 0.361. The number of anilines is 1. The van der Waals surface area contributed by atoms with Crippen LogP contribution < -0.4 is 5.01 Å². The Balaban J connectivity index is 1.93. The van der Waals surface area contributed by atoms with E-state index >= 15 is 0 Å². The van der Waals surface area contributed by atoms with E-state index < -0.39 is 0 Å². The first-order valence-electron chi connectivity index (χ1n) is 5.50. The van der Waals surface area contributed by atoms with Gasteiger partial charge in [-0.25, -0.2) is 0 Å². The van der Waals surface area contributed by atoms with Crippen LogP contribution in [0.4, 0.5) is 5.13 Å². The Bertz CT molecular complexity index is 620. The zero-order valence-electron chi connectivity index (χ0n) is 9.70. The number of nitrogens with zero attached hydrogens (tertiary/aromatic N) is 4. The van der Waals surface area contributed by atoms with Crippen LogP contribution in [0.15, 0.2) is 35.4 Å². The van der Waals surface area contributed by atoms with Gasteiger partial charge in [0.15, 0.2) is 5.82 Å². The van der Waals surface area contributed by atoms with Gasteiger partial charge in [0.25, 0.3) is 5.91 Å². The first-order chi connectivity index (χ1) is 8.74. The van der Waals surface area contributed by atoms with Crippen molar-refractivity contribution in [2.45, 2.75) is 13.3 Å². The molecule has 90 valence electrons. The van der Waals surface area contributed by atoms with Crippen LogP contribution >= 0.6 is 11.5 Å². The summed E-state index contributed by atoms with van der Waals surface area (Å²) in [5.74, 6) is 0.575. The molecule has 5 nitrogen and oxygen atoms in total. The van der Waals surface area contributed by atoms with Gasteiger partial charge in [-0.15, -0.1) is 0 Å². The monoisotopic (exact) mass is 258 g/mol. The van der Waals surface area contributed by atoms with Crippen LogP contribution in [0.3, 0.4) is 0 Å². The van der Waals surface area contributed by atoms with Crippen LogP contribution in [0.2, 0.25) is 0 Å². The Kier molecular flexibility index (Phi) is 2.64. The summed E-state index contributed by atoms with van der Waals surface area (Å²) in [5.41, 5.74) is 1.74. The smallest absolute Gasteiger partial charge is 0.255 e. The van der Waals surface area contributed by atoms with Gasteiger partial charge in [0.1, 0.15) is 0 Å². The van der Waals surface area contributed by atoms with E-state index in [1.807, 2.05) is 37.3 Å². The minimum Gasteiger partial charge on any atom is -0.272 e. The van der Waals surface area contributed by atoms with Gasteiger partial charge in [-0.1, -0.05) is 30.3 Å². The van der Waals surface area contributed by atoms with Gasteiger partial charge < -0.3 is 0 Å². The normalized spacial score (nSPS) is 15.1. The summed E-state index contributed by atoms with van der Waals surface area (Å²) >= 11 is 1.18. The van der Waals surface area contributed by atoms with Crippen molar-refractivity contribution in [3.05, 3.63) is 30.3 Å². The number of carbonyl (C=O) groups is 1. The largest absolute Gasteiger partial charge is 0.272 e. The Labute approximate surface area is 108 Å². The van der Waals surface area contributed by atoms with Crippen molar-refractivity contribution in [1.29, 1.82) is 0 Å². The molecule has 0 saturated heterocycles. The molecule has 3 rings (SSSR count). The number of hydrazone groups is 1. The molecule has 0 fully saturated rings.